The molecule has 5 nitrogen and oxygen atoms in total. The predicted molar refractivity (Wildman–Crippen MR) is 135 cm³/mol. The predicted octanol–water partition coefficient (Wildman–Crippen LogP) is 6.00. The minimum absolute atomic E-state index is 0.00343. The number of rotatable bonds is 6. The molecular weight excluding hydrogens is 543 g/mol. The second kappa shape index (κ2) is 10.2. The van der Waals surface area contributed by atoms with E-state index in [0.29, 0.717) is 5.69 Å². The lowest BCUT2D eigenvalue weighted by Crippen LogP contribution is -2.37. The van der Waals surface area contributed by atoms with Crippen molar-refractivity contribution < 1.29 is 22.8 Å². The number of carbonyl (C=O) groups is 2. The Bertz CT molecular complexity index is 1250. The lowest BCUT2D eigenvalue weighted by atomic mass is 10.1. The molecule has 1 atom stereocenters. The zero-order valence-corrected chi connectivity index (χ0v) is 20.5. The molecule has 1 saturated heterocycles. The molecule has 1 aliphatic rings. The summed E-state index contributed by atoms with van der Waals surface area (Å²) in [6, 6.07) is 19.6. The number of halogens is 4. The van der Waals surface area contributed by atoms with Gasteiger partial charge >= 0.3 is 6.18 Å². The molecular formula is C25H19BrF3N3O2S. The number of benzene rings is 3. The van der Waals surface area contributed by atoms with Gasteiger partial charge in [0.2, 0.25) is 5.91 Å². The highest BCUT2D eigenvalue weighted by molar-refractivity contribution is 9.10. The third kappa shape index (κ3) is 5.71. The molecule has 1 unspecified atom stereocenters. The fourth-order valence-electron chi connectivity index (χ4n) is 3.77. The highest BCUT2D eigenvalue weighted by Crippen LogP contribution is 2.34. The average Bonchev–Trinajstić information content (AvgIpc) is 3.04. The second-order valence-electron chi connectivity index (χ2n) is 7.89. The summed E-state index contributed by atoms with van der Waals surface area (Å²) in [5.41, 5.74) is 0.503. The van der Waals surface area contributed by atoms with Gasteiger partial charge in [-0.3, -0.25) is 14.5 Å². The molecule has 35 heavy (non-hydrogen) atoms. The third-order valence-electron chi connectivity index (χ3n) is 5.45. The zero-order valence-electron chi connectivity index (χ0n) is 18.1. The van der Waals surface area contributed by atoms with E-state index in [4.69, 9.17) is 12.2 Å². The molecule has 3 aromatic carbocycles. The van der Waals surface area contributed by atoms with Crippen molar-refractivity contribution in [2.75, 3.05) is 10.2 Å². The van der Waals surface area contributed by atoms with Crippen LogP contribution in [0.4, 0.5) is 24.5 Å². The molecule has 0 aromatic heterocycles. The summed E-state index contributed by atoms with van der Waals surface area (Å²) in [6.07, 6.45) is -4.80. The molecule has 2 amide bonds. The molecule has 0 spiro atoms. The Morgan fingerprint density at radius 1 is 1.00 bits per heavy atom. The molecule has 1 fully saturated rings. The van der Waals surface area contributed by atoms with Crippen molar-refractivity contribution in [1.29, 1.82) is 0 Å². The molecule has 0 bridgehead atoms. The summed E-state index contributed by atoms with van der Waals surface area (Å²) in [5.74, 6) is -0.978. The number of anilines is 2. The molecule has 0 aliphatic carbocycles. The van der Waals surface area contributed by atoms with Gasteiger partial charge in [-0.15, -0.1) is 0 Å². The fourth-order valence-corrected chi connectivity index (χ4v) is 4.43. The first kappa shape index (κ1) is 24.9. The lowest BCUT2D eigenvalue weighted by molar-refractivity contribution is -0.137. The minimum Gasteiger partial charge on any atom is -0.332 e. The minimum atomic E-state index is -4.58. The van der Waals surface area contributed by atoms with Crippen LogP contribution in [0.2, 0.25) is 0 Å². The molecule has 4 rings (SSSR count). The van der Waals surface area contributed by atoms with Crippen LogP contribution in [0.1, 0.15) is 17.5 Å². The first-order chi connectivity index (χ1) is 16.6. The average molecular weight is 562 g/mol. The Hall–Kier alpha value is -3.24. The van der Waals surface area contributed by atoms with Gasteiger partial charge in [0.1, 0.15) is 6.04 Å². The first-order valence-electron chi connectivity index (χ1n) is 10.5. The van der Waals surface area contributed by atoms with Crippen molar-refractivity contribution in [1.82, 2.24) is 4.90 Å². The van der Waals surface area contributed by atoms with Crippen molar-refractivity contribution >= 4 is 56.4 Å². The Morgan fingerprint density at radius 2 is 1.69 bits per heavy atom. The maximum absolute atomic E-state index is 13.4. The highest BCUT2D eigenvalue weighted by Gasteiger charge is 2.44. The number of carbonyl (C=O) groups excluding carboxylic acids is 2. The van der Waals surface area contributed by atoms with Gasteiger partial charge in [0.05, 0.1) is 17.7 Å². The van der Waals surface area contributed by atoms with Crippen molar-refractivity contribution in [2.24, 2.45) is 0 Å². The lowest BCUT2D eigenvalue weighted by Gasteiger charge is -2.24. The summed E-state index contributed by atoms with van der Waals surface area (Å²) in [5, 5.41) is 2.79. The number of nitrogens with zero attached hydrogens (tertiary/aromatic N) is 2. The van der Waals surface area contributed by atoms with Gasteiger partial charge in [-0.25, -0.2) is 0 Å². The van der Waals surface area contributed by atoms with E-state index in [0.717, 1.165) is 27.1 Å². The number of thiocarbonyl (C=S) groups is 1. The monoisotopic (exact) mass is 561 g/mol. The van der Waals surface area contributed by atoms with Gasteiger partial charge in [-0.05, 0) is 60.2 Å². The van der Waals surface area contributed by atoms with E-state index in [2.05, 4.69) is 21.2 Å². The van der Waals surface area contributed by atoms with Gasteiger partial charge in [-0.2, -0.15) is 13.2 Å². The maximum Gasteiger partial charge on any atom is 0.416 e. The molecule has 0 radical (unpaired) electrons. The number of amides is 2. The molecule has 1 aliphatic heterocycles. The Morgan fingerprint density at radius 3 is 2.34 bits per heavy atom. The first-order valence-corrected chi connectivity index (χ1v) is 11.7. The topological polar surface area (TPSA) is 52.7 Å². The van der Waals surface area contributed by atoms with Gasteiger partial charge in [0.25, 0.3) is 5.91 Å². The third-order valence-corrected chi connectivity index (χ3v) is 6.40. The van der Waals surface area contributed by atoms with Gasteiger partial charge in [-0.1, -0.05) is 52.3 Å². The van der Waals surface area contributed by atoms with Crippen LogP contribution in [-0.4, -0.2) is 27.9 Å². The largest absolute Gasteiger partial charge is 0.416 e. The van der Waals surface area contributed by atoms with Crippen molar-refractivity contribution in [2.45, 2.75) is 25.2 Å². The van der Waals surface area contributed by atoms with Crippen LogP contribution in [-0.2, 0) is 22.3 Å². The normalized spacial score (nSPS) is 16.1. The molecule has 0 saturated carbocycles. The van der Waals surface area contributed by atoms with Crippen LogP contribution in [0.25, 0.3) is 0 Å². The smallest absolute Gasteiger partial charge is 0.332 e. The van der Waals surface area contributed by atoms with Gasteiger partial charge < -0.3 is 10.2 Å². The summed E-state index contributed by atoms with van der Waals surface area (Å²) >= 11 is 8.87. The highest BCUT2D eigenvalue weighted by atomic mass is 79.9. The quantitative estimate of drug-likeness (QED) is 0.375. The van der Waals surface area contributed by atoms with Crippen molar-refractivity contribution in [3.63, 3.8) is 0 Å². The number of alkyl halides is 3. The Kier molecular flexibility index (Phi) is 7.23. The molecule has 1 N–H and O–H groups in total. The van der Waals surface area contributed by atoms with E-state index in [-0.39, 0.29) is 23.8 Å². The van der Waals surface area contributed by atoms with Gasteiger partial charge in [0.15, 0.2) is 5.11 Å². The van der Waals surface area contributed by atoms with Crippen molar-refractivity contribution in [3.8, 4) is 0 Å². The number of nitrogens with one attached hydrogen (secondary N) is 1. The molecule has 1 heterocycles. The van der Waals surface area contributed by atoms with Crippen molar-refractivity contribution in [3.05, 3.63) is 94.5 Å². The van der Waals surface area contributed by atoms with Crippen LogP contribution in [0.3, 0.4) is 0 Å². The number of hydrogen-bond donors (Lipinski definition) is 1. The summed E-state index contributed by atoms with van der Waals surface area (Å²) < 4.78 is 40.7. The fraction of sp³-hybridized carbons (Fsp3) is 0.160. The van der Waals surface area contributed by atoms with E-state index in [1.165, 1.54) is 12.1 Å². The van der Waals surface area contributed by atoms with Crippen LogP contribution in [0.5, 0.6) is 0 Å². The van der Waals surface area contributed by atoms with Crippen LogP contribution in [0.15, 0.2) is 83.3 Å². The maximum atomic E-state index is 13.4. The van der Waals surface area contributed by atoms with E-state index >= 15 is 0 Å². The standard InChI is InChI=1S/C25H19BrF3N3O2S/c26-18-9-11-19(12-10-18)30-22(33)14-21-23(34)32(20-8-4-7-17(13-20)25(27,28)29)24(35)31(21)15-16-5-2-1-3-6-16/h1-13,21H,14-15H2,(H,30,33). The van der Waals surface area contributed by atoms with E-state index < -0.39 is 29.6 Å². The summed E-state index contributed by atoms with van der Waals surface area (Å²) in [7, 11) is 0. The molecule has 10 heteroatoms. The van der Waals surface area contributed by atoms with E-state index in [9.17, 15) is 22.8 Å². The summed E-state index contributed by atoms with van der Waals surface area (Å²) in [6.45, 7) is 0.219. The Balaban J connectivity index is 1.63. The zero-order chi connectivity index (χ0) is 25.2. The van der Waals surface area contributed by atoms with Crippen LogP contribution >= 0.6 is 28.1 Å². The Labute approximate surface area is 213 Å². The van der Waals surface area contributed by atoms with E-state index in [1.54, 1.807) is 29.2 Å². The van der Waals surface area contributed by atoms with Gasteiger partial charge in [0, 0.05) is 16.7 Å². The molecule has 180 valence electrons. The van der Waals surface area contributed by atoms with Crippen LogP contribution < -0.4 is 10.2 Å². The summed E-state index contributed by atoms with van der Waals surface area (Å²) in [4.78, 5) is 28.9. The second-order valence-corrected chi connectivity index (χ2v) is 9.17. The van der Waals surface area contributed by atoms with Crippen LogP contribution in [0, 0.1) is 0 Å². The number of hydrogen-bond acceptors (Lipinski definition) is 3. The molecule has 3 aromatic rings. The SMILES string of the molecule is O=C(CC1C(=O)N(c2cccc(C(F)(F)F)c2)C(=S)N1Cc1ccccc1)Nc1ccc(Br)cc1. The van der Waals surface area contributed by atoms with E-state index in [1.807, 2.05) is 30.3 Å².